The lowest BCUT2D eigenvalue weighted by Gasteiger charge is -2.33. The van der Waals surface area contributed by atoms with Crippen molar-refractivity contribution in [3.63, 3.8) is 0 Å². The molecular formula is C16H23N5O. The van der Waals surface area contributed by atoms with Crippen molar-refractivity contribution in [2.75, 3.05) is 18.0 Å². The lowest BCUT2D eigenvalue weighted by atomic mass is 9.93. The van der Waals surface area contributed by atoms with E-state index < -0.39 is 0 Å². The SMILES string of the molecule is CC(C)Oc1nccnc1N1CCC(c2ccnn2C)CC1. The Morgan fingerprint density at radius 2 is 1.86 bits per heavy atom. The van der Waals surface area contributed by atoms with Crippen LogP contribution in [0.15, 0.2) is 24.7 Å². The van der Waals surface area contributed by atoms with E-state index in [4.69, 9.17) is 4.74 Å². The van der Waals surface area contributed by atoms with E-state index in [9.17, 15) is 0 Å². The molecule has 0 aliphatic carbocycles. The molecule has 0 aromatic carbocycles. The first-order valence-electron chi connectivity index (χ1n) is 7.85. The first-order valence-corrected chi connectivity index (χ1v) is 7.85. The molecule has 1 aliphatic rings. The van der Waals surface area contributed by atoms with Gasteiger partial charge in [0.1, 0.15) is 0 Å². The van der Waals surface area contributed by atoms with Crippen LogP contribution >= 0.6 is 0 Å². The minimum absolute atomic E-state index is 0.0995. The van der Waals surface area contributed by atoms with Crippen molar-refractivity contribution in [1.82, 2.24) is 19.7 Å². The van der Waals surface area contributed by atoms with E-state index in [2.05, 4.69) is 26.0 Å². The van der Waals surface area contributed by atoms with Crippen LogP contribution in [0.25, 0.3) is 0 Å². The summed E-state index contributed by atoms with van der Waals surface area (Å²) in [6, 6.07) is 2.12. The van der Waals surface area contributed by atoms with Gasteiger partial charge in [0.25, 0.3) is 5.88 Å². The normalized spacial score (nSPS) is 16.3. The van der Waals surface area contributed by atoms with Gasteiger partial charge in [-0.25, -0.2) is 9.97 Å². The fourth-order valence-corrected chi connectivity index (χ4v) is 3.01. The number of aromatic nitrogens is 4. The maximum atomic E-state index is 5.79. The number of hydrogen-bond acceptors (Lipinski definition) is 5. The average molecular weight is 301 g/mol. The van der Waals surface area contributed by atoms with E-state index >= 15 is 0 Å². The summed E-state index contributed by atoms with van der Waals surface area (Å²) in [6.45, 7) is 5.94. The molecule has 0 saturated carbocycles. The molecule has 22 heavy (non-hydrogen) atoms. The van der Waals surface area contributed by atoms with Crippen LogP contribution in [-0.2, 0) is 7.05 Å². The molecule has 3 heterocycles. The minimum Gasteiger partial charge on any atom is -0.472 e. The molecule has 118 valence electrons. The van der Waals surface area contributed by atoms with Crippen molar-refractivity contribution in [3.8, 4) is 5.88 Å². The Balaban J connectivity index is 1.70. The predicted octanol–water partition coefficient (Wildman–Crippen LogP) is 2.38. The highest BCUT2D eigenvalue weighted by Crippen LogP contribution is 2.32. The highest BCUT2D eigenvalue weighted by Gasteiger charge is 2.25. The molecule has 0 spiro atoms. The molecule has 2 aromatic heterocycles. The highest BCUT2D eigenvalue weighted by atomic mass is 16.5. The van der Waals surface area contributed by atoms with Crippen molar-refractivity contribution in [2.24, 2.45) is 7.05 Å². The van der Waals surface area contributed by atoms with Crippen LogP contribution < -0.4 is 9.64 Å². The maximum Gasteiger partial charge on any atom is 0.257 e. The van der Waals surface area contributed by atoms with Crippen molar-refractivity contribution in [2.45, 2.75) is 38.7 Å². The summed E-state index contributed by atoms with van der Waals surface area (Å²) in [5.74, 6) is 2.06. The molecule has 0 amide bonds. The fourth-order valence-electron chi connectivity index (χ4n) is 3.01. The van der Waals surface area contributed by atoms with Gasteiger partial charge in [-0.2, -0.15) is 5.10 Å². The monoisotopic (exact) mass is 301 g/mol. The highest BCUT2D eigenvalue weighted by molar-refractivity contribution is 5.48. The number of anilines is 1. The number of nitrogens with zero attached hydrogens (tertiary/aromatic N) is 5. The standard InChI is InChI=1S/C16H23N5O/c1-12(2)22-16-15(17-8-9-18-16)21-10-5-13(6-11-21)14-4-7-19-20(14)3/h4,7-9,12-13H,5-6,10-11H2,1-3H3. The van der Waals surface area contributed by atoms with Crippen LogP contribution in [-0.4, -0.2) is 38.9 Å². The quantitative estimate of drug-likeness (QED) is 0.868. The summed E-state index contributed by atoms with van der Waals surface area (Å²) in [7, 11) is 2.01. The molecule has 0 bridgehead atoms. The van der Waals surface area contributed by atoms with Gasteiger partial charge in [-0.15, -0.1) is 0 Å². The molecule has 1 fully saturated rings. The second-order valence-corrected chi connectivity index (χ2v) is 5.99. The van der Waals surface area contributed by atoms with Gasteiger partial charge in [0.05, 0.1) is 6.10 Å². The second kappa shape index (κ2) is 6.34. The van der Waals surface area contributed by atoms with Gasteiger partial charge in [0.2, 0.25) is 0 Å². The fraction of sp³-hybridized carbons (Fsp3) is 0.562. The summed E-state index contributed by atoms with van der Waals surface area (Å²) < 4.78 is 7.77. The molecular weight excluding hydrogens is 278 g/mol. The van der Waals surface area contributed by atoms with E-state index in [0.29, 0.717) is 11.8 Å². The number of ether oxygens (including phenoxy) is 1. The van der Waals surface area contributed by atoms with Crippen LogP contribution in [0.3, 0.4) is 0 Å². The molecule has 0 radical (unpaired) electrons. The Morgan fingerprint density at radius 3 is 2.50 bits per heavy atom. The third-order valence-corrected chi connectivity index (χ3v) is 4.07. The Labute approximate surface area is 131 Å². The van der Waals surface area contributed by atoms with E-state index in [1.54, 1.807) is 12.4 Å². The predicted molar refractivity (Wildman–Crippen MR) is 85.2 cm³/mol. The zero-order valence-electron chi connectivity index (χ0n) is 13.4. The Bertz CT molecular complexity index is 617. The number of aryl methyl sites for hydroxylation is 1. The van der Waals surface area contributed by atoms with Crippen molar-refractivity contribution < 1.29 is 4.74 Å². The summed E-state index contributed by atoms with van der Waals surface area (Å²) >= 11 is 0. The molecule has 0 N–H and O–H groups in total. The van der Waals surface area contributed by atoms with Gasteiger partial charge in [-0.1, -0.05) is 0 Å². The lowest BCUT2D eigenvalue weighted by molar-refractivity contribution is 0.231. The molecule has 3 rings (SSSR count). The van der Waals surface area contributed by atoms with Gasteiger partial charge in [0, 0.05) is 50.3 Å². The molecule has 6 heteroatoms. The first kappa shape index (κ1) is 14.8. The van der Waals surface area contributed by atoms with Gasteiger partial charge < -0.3 is 9.64 Å². The largest absolute Gasteiger partial charge is 0.472 e. The third-order valence-electron chi connectivity index (χ3n) is 4.07. The molecule has 2 aromatic rings. The van der Waals surface area contributed by atoms with E-state index in [1.807, 2.05) is 31.8 Å². The van der Waals surface area contributed by atoms with Crippen LogP contribution in [0.4, 0.5) is 5.82 Å². The van der Waals surface area contributed by atoms with E-state index in [-0.39, 0.29) is 6.10 Å². The summed E-state index contributed by atoms with van der Waals surface area (Å²) in [6.07, 6.45) is 7.58. The topological polar surface area (TPSA) is 56.1 Å². The maximum absolute atomic E-state index is 5.79. The molecule has 1 saturated heterocycles. The van der Waals surface area contributed by atoms with E-state index in [1.165, 1.54) is 5.69 Å². The van der Waals surface area contributed by atoms with Crippen LogP contribution in [0.1, 0.15) is 38.3 Å². The van der Waals surface area contributed by atoms with Gasteiger partial charge in [-0.3, -0.25) is 4.68 Å². The number of rotatable bonds is 4. The van der Waals surface area contributed by atoms with Crippen LogP contribution in [0.2, 0.25) is 0 Å². The molecule has 0 atom stereocenters. The number of hydrogen-bond donors (Lipinski definition) is 0. The third kappa shape index (κ3) is 3.05. The van der Waals surface area contributed by atoms with Crippen molar-refractivity contribution in [1.29, 1.82) is 0 Å². The lowest BCUT2D eigenvalue weighted by Crippen LogP contribution is -2.34. The smallest absolute Gasteiger partial charge is 0.257 e. The average Bonchev–Trinajstić information content (AvgIpc) is 2.94. The zero-order valence-corrected chi connectivity index (χ0v) is 13.4. The summed E-state index contributed by atoms with van der Waals surface area (Å²) in [5, 5.41) is 4.28. The Hall–Kier alpha value is -2.11. The minimum atomic E-state index is 0.0995. The first-order chi connectivity index (χ1) is 10.6. The van der Waals surface area contributed by atoms with Gasteiger partial charge >= 0.3 is 0 Å². The van der Waals surface area contributed by atoms with E-state index in [0.717, 1.165) is 31.7 Å². The Kier molecular flexibility index (Phi) is 4.27. The van der Waals surface area contributed by atoms with Crippen molar-refractivity contribution >= 4 is 5.82 Å². The number of piperidine rings is 1. The zero-order chi connectivity index (χ0) is 15.5. The Morgan fingerprint density at radius 1 is 1.14 bits per heavy atom. The van der Waals surface area contributed by atoms with Crippen LogP contribution in [0, 0.1) is 0 Å². The molecule has 6 nitrogen and oxygen atoms in total. The molecule has 1 aliphatic heterocycles. The second-order valence-electron chi connectivity index (χ2n) is 5.99. The van der Waals surface area contributed by atoms with Gasteiger partial charge in [0.15, 0.2) is 5.82 Å². The molecule has 0 unspecified atom stereocenters. The summed E-state index contributed by atoms with van der Waals surface area (Å²) in [5.41, 5.74) is 1.32. The van der Waals surface area contributed by atoms with Gasteiger partial charge in [-0.05, 0) is 32.8 Å². The van der Waals surface area contributed by atoms with Crippen LogP contribution in [0.5, 0.6) is 5.88 Å². The van der Waals surface area contributed by atoms with Crippen molar-refractivity contribution in [3.05, 3.63) is 30.4 Å². The summed E-state index contributed by atoms with van der Waals surface area (Å²) in [4.78, 5) is 11.1.